The van der Waals surface area contributed by atoms with Crippen LogP contribution in [0.25, 0.3) is 10.9 Å². The van der Waals surface area contributed by atoms with E-state index < -0.39 is 0 Å². The van der Waals surface area contributed by atoms with Crippen molar-refractivity contribution in [3.05, 3.63) is 30.6 Å². The Hall–Kier alpha value is -1.17. The lowest BCUT2D eigenvalue weighted by Gasteiger charge is -2.28. The summed E-state index contributed by atoms with van der Waals surface area (Å²) in [5.41, 5.74) is 0.712. The molecule has 1 heterocycles. The first-order valence-electron chi connectivity index (χ1n) is 6.91. The van der Waals surface area contributed by atoms with Gasteiger partial charge in [0.25, 0.3) is 0 Å². The maximum absolute atomic E-state index is 9.64. The number of benzene rings is 1. The minimum atomic E-state index is -0.252. The second kappa shape index (κ2) is 5.68. The number of para-hydroxylation sites is 1. The molecule has 1 atom stereocenters. The van der Waals surface area contributed by atoms with Crippen molar-refractivity contribution >= 4 is 22.7 Å². The fraction of sp³-hybridized carbons (Fsp3) is 0.467. The molecule has 20 heavy (non-hydrogen) atoms. The summed E-state index contributed by atoms with van der Waals surface area (Å²) in [7, 11) is 0. The zero-order valence-corrected chi connectivity index (χ0v) is 12.4. The molecule has 1 saturated carbocycles. The molecule has 0 spiro atoms. The summed E-state index contributed by atoms with van der Waals surface area (Å²) in [6.07, 6.45) is 4.04. The molecule has 2 aromatic rings. The summed E-state index contributed by atoms with van der Waals surface area (Å²) in [5, 5.41) is 15.2. The summed E-state index contributed by atoms with van der Waals surface area (Å²) in [5.74, 6) is 0.793. The largest absolute Gasteiger partial charge is 0.394 e. The number of fused-ring (bicyclic) bond motifs is 1. The van der Waals surface area contributed by atoms with Crippen molar-refractivity contribution < 1.29 is 5.11 Å². The van der Waals surface area contributed by atoms with Crippen LogP contribution in [0.1, 0.15) is 19.8 Å². The summed E-state index contributed by atoms with van der Waals surface area (Å²) in [6.45, 7) is 2.21. The first-order valence-corrected chi connectivity index (χ1v) is 7.90. The van der Waals surface area contributed by atoms with Gasteiger partial charge in [-0.2, -0.15) is 0 Å². The van der Waals surface area contributed by atoms with E-state index in [1.807, 2.05) is 24.3 Å². The molecule has 1 aliphatic carbocycles. The number of aromatic nitrogens is 2. The van der Waals surface area contributed by atoms with Gasteiger partial charge in [0.05, 0.1) is 12.1 Å². The van der Waals surface area contributed by atoms with Crippen molar-refractivity contribution in [1.29, 1.82) is 0 Å². The van der Waals surface area contributed by atoms with E-state index in [4.69, 9.17) is 0 Å². The number of rotatable bonds is 6. The number of nitrogens with one attached hydrogen (secondary N) is 1. The second-order valence-electron chi connectivity index (χ2n) is 5.62. The Kier molecular flexibility index (Phi) is 3.92. The van der Waals surface area contributed by atoms with Gasteiger partial charge in [-0.05, 0) is 25.8 Å². The van der Waals surface area contributed by atoms with Crippen LogP contribution >= 0.6 is 11.8 Å². The van der Waals surface area contributed by atoms with Crippen LogP contribution in [0, 0.1) is 0 Å². The maximum atomic E-state index is 9.64. The van der Waals surface area contributed by atoms with Gasteiger partial charge in [-0.25, -0.2) is 9.97 Å². The summed E-state index contributed by atoms with van der Waals surface area (Å²) in [4.78, 5) is 8.66. The van der Waals surface area contributed by atoms with E-state index in [1.165, 1.54) is 12.8 Å². The van der Waals surface area contributed by atoms with E-state index in [9.17, 15) is 5.11 Å². The Morgan fingerprint density at radius 3 is 2.90 bits per heavy atom. The SMILES string of the molecule is CC(CO)(CSc1ncnc2ccccc12)NC1CC1. The van der Waals surface area contributed by atoms with Crippen molar-refractivity contribution in [3.8, 4) is 0 Å². The lowest BCUT2D eigenvalue weighted by atomic mass is 10.1. The van der Waals surface area contributed by atoms with Crippen LogP contribution in [0.4, 0.5) is 0 Å². The molecule has 1 aromatic carbocycles. The van der Waals surface area contributed by atoms with Gasteiger partial charge in [0.15, 0.2) is 0 Å². The fourth-order valence-electron chi connectivity index (χ4n) is 2.18. The van der Waals surface area contributed by atoms with E-state index in [-0.39, 0.29) is 12.1 Å². The van der Waals surface area contributed by atoms with Gasteiger partial charge in [0, 0.05) is 22.7 Å². The zero-order chi connectivity index (χ0) is 14.0. The quantitative estimate of drug-likeness (QED) is 0.631. The van der Waals surface area contributed by atoms with Crippen molar-refractivity contribution in [2.45, 2.75) is 36.4 Å². The number of nitrogens with zero attached hydrogens (tertiary/aromatic N) is 2. The third kappa shape index (κ3) is 3.11. The predicted molar refractivity (Wildman–Crippen MR) is 81.9 cm³/mol. The molecule has 0 bridgehead atoms. The number of aliphatic hydroxyl groups is 1. The fourth-order valence-corrected chi connectivity index (χ4v) is 3.26. The molecule has 0 saturated heterocycles. The molecule has 0 amide bonds. The Labute approximate surface area is 123 Å². The van der Waals surface area contributed by atoms with E-state index in [2.05, 4.69) is 22.2 Å². The summed E-state index contributed by atoms with van der Waals surface area (Å²) < 4.78 is 0. The van der Waals surface area contributed by atoms with Gasteiger partial charge in [-0.15, -0.1) is 11.8 Å². The molecule has 0 aliphatic heterocycles. The Morgan fingerprint density at radius 1 is 1.35 bits per heavy atom. The lowest BCUT2D eigenvalue weighted by molar-refractivity contribution is 0.190. The summed E-state index contributed by atoms with van der Waals surface area (Å²) >= 11 is 1.68. The van der Waals surface area contributed by atoms with Crippen LogP contribution in [0.2, 0.25) is 0 Å². The number of hydrogen-bond donors (Lipinski definition) is 2. The molecule has 2 N–H and O–H groups in total. The number of hydrogen-bond acceptors (Lipinski definition) is 5. The van der Waals surface area contributed by atoms with Gasteiger partial charge in [0.2, 0.25) is 0 Å². The number of aliphatic hydroxyl groups excluding tert-OH is 1. The zero-order valence-electron chi connectivity index (χ0n) is 11.5. The highest BCUT2D eigenvalue weighted by atomic mass is 32.2. The minimum absolute atomic E-state index is 0.138. The smallest absolute Gasteiger partial charge is 0.117 e. The van der Waals surface area contributed by atoms with Gasteiger partial charge in [-0.3, -0.25) is 0 Å². The first-order chi connectivity index (χ1) is 9.70. The standard InChI is InChI=1S/C15H19N3OS/c1-15(8-19,18-11-6-7-11)9-20-14-12-4-2-3-5-13(12)16-10-17-14/h2-5,10-11,18-19H,6-9H2,1H3. The average molecular weight is 289 g/mol. The molecule has 5 heteroatoms. The van der Waals surface area contributed by atoms with E-state index >= 15 is 0 Å². The van der Waals surface area contributed by atoms with Crippen molar-refractivity contribution in [2.24, 2.45) is 0 Å². The molecular weight excluding hydrogens is 270 g/mol. The van der Waals surface area contributed by atoms with Gasteiger partial charge in [-0.1, -0.05) is 18.2 Å². The van der Waals surface area contributed by atoms with Crippen molar-refractivity contribution in [3.63, 3.8) is 0 Å². The topological polar surface area (TPSA) is 58.0 Å². The Morgan fingerprint density at radius 2 is 2.15 bits per heavy atom. The van der Waals surface area contributed by atoms with Crippen molar-refractivity contribution in [1.82, 2.24) is 15.3 Å². The van der Waals surface area contributed by atoms with Crippen LogP contribution in [0.3, 0.4) is 0 Å². The van der Waals surface area contributed by atoms with E-state index in [1.54, 1.807) is 18.1 Å². The van der Waals surface area contributed by atoms with Crippen LogP contribution in [0.15, 0.2) is 35.6 Å². The van der Waals surface area contributed by atoms with Gasteiger partial charge < -0.3 is 10.4 Å². The molecule has 106 valence electrons. The molecule has 1 fully saturated rings. The number of thioether (sulfide) groups is 1. The van der Waals surface area contributed by atoms with E-state index in [0.29, 0.717) is 6.04 Å². The maximum Gasteiger partial charge on any atom is 0.117 e. The Bertz CT molecular complexity index is 597. The Balaban J connectivity index is 1.75. The van der Waals surface area contributed by atoms with Gasteiger partial charge >= 0.3 is 0 Å². The molecule has 3 rings (SSSR count). The average Bonchev–Trinajstić information content (AvgIpc) is 3.29. The molecule has 1 aliphatic rings. The van der Waals surface area contributed by atoms with Crippen LogP contribution in [-0.2, 0) is 0 Å². The molecule has 0 radical (unpaired) electrons. The summed E-state index contributed by atoms with van der Waals surface area (Å²) in [6, 6.07) is 8.60. The monoisotopic (exact) mass is 289 g/mol. The molecule has 1 unspecified atom stereocenters. The normalized spacial score (nSPS) is 18.1. The first kappa shape index (κ1) is 13.8. The highest BCUT2D eigenvalue weighted by molar-refractivity contribution is 7.99. The molecular formula is C15H19N3OS. The van der Waals surface area contributed by atoms with Crippen LogP contribution in [0.5, 0.6) is 0 Å². The third-order valence-corrected chi connectivity index (χ3v) is 4.89. The lowest BCUT2D eigenvalue weighted by Crippen LogP contribution is -2.49. The van der Waals surface area contributed by atoms with E-state index in [0.717, 1.165) is 21.7 Å². The molecule has 1 aromatic heterocycles. The van der Waals surface area contributed by atoms with Gasteiger partial charge in [0.1, 0.15) is 11.4 Å². The second-order valence-corrected chi connectivity index (χ2v) is 6.59. The molecule has 4 nitrogen and oxygen atoms in total. The highest BCUT2D eigenvalue weighted by Crippen LogP contribution is 2.29. The predicted octanol–water partition coefficient (Wildman–Crippen LogP) is 2.22. The highest BCUT2D eigenvalue weighted by Gasteiger charge is 2.32. The van der Waals surface area contributed by atoms with Crippen LogP contribution < -0.4 is 5.32 Å². The van der Waals surface area contributed by atoms with Crippen LogP contribution in [-0.4, -0.2) is 39.0 Å². The minimum Gasteiger partial charge on any atom is -0.394 e. The third-order valence-electron chi connectivity index (χ3n) is 3.51. The van der Waals surface area contributed by atoms with Crippen molar-refractivity contribution in [2.75, 3.05) is 12.4 Å².